The van der Waals surface area contributed by atoms with Crippen LogP contribution in [0.1, 0.15) is 52.7 Å². The van der Waals surface area contributed by atoms with Gasteiger partial charge in [0.25, 0.3) is 11.2 Å². The molecule has 0 bridgehead atoms. The van der Waals surface area contributed by atoms with Crippen LogP contribution < -0.4 is 9.30 Å². The molecule has 0 aliphatic rings. The number of aromatic nitrogens is 1. The van der Waals surface area contributed by atoms with E-state index in [0.717, 1.165) is 22.5 Å². The lowest BCUT2D eigenvalue weighted by Gasteiger charge is -2.24. The number of fused-ring (bicyclic) bond motifs is 1. The minimum absolute atomic E-state index is 0.00400. The maximum atomic E-state index is 9.75. The molecule has 0 fully saturated rings. The van der Waals surface area contributed by atoms with Gasteiger partial charge in [0.2, 0.25) is 5.58 Å². The van der Waals surface area contributed by atoms with Crippen LogP contribution in [0, 0.1) is 0 Å². The number of ether oxygens (including phenoxy) is 1. The number of hydrogen-bond donors (Lipinski definition) is 0. The van der Waals surface area contributed by atoms with Gasteiger partial charge in [0.15, 0.2) is 5.75 Å². The number of rotatable bonds is 2. The van der Waals surface area contributed by atoms with Gasteiger partial charge in [-0.15, -0.1) is 4.57 Å². The van der Waals surface area contributed by atoms with Gasteiger partial charge in [0, 0.05) is 17.7 Å². The average Bonchev–Trinajstić information content (AvgIpc) is 3.01. The van der Waals surface area contributed by atoms with Crippen molar-refractivity contribution in [3.8, 4) is 11.4 Å². The molecule has 0 N–H and O–H groups in total. The van der Waals surface area contributed by atoms with E-state index in [1.807, 2.05) is 24.3 Å². The van der Waals surface area contributed by atoms with E-state index in [1.165, 1.54) is 11.1 Å². The lowest BCUT2D eigenvalue weighted by molar-refractivity contribution is -0.573. The minimum atomic E-state index is -6.00. The summed E-state index contributed by atoms with van der Waals surface area (Å²) in [6.07, 6.45) is 1.78. The third-order valence-corrected chi connectivity index (χ3v) is 4.62. The van der Waals surface area contributed by atoms with Gasteiger partial charge < -0.3 is 26.4 Å². The first-order valence-corrected chi connectivity index (χ1v) is 9.61. The number of hydrogen-bond acceptors (Lipinski definition) is 2. The summed E-state index contributed by atoms with van der Waals surface area (Å²) in [4.78, 5) is 0. The van der Waals surface area contributed by atoms with Crippen LogP contribution in [0.5, 0.6) is 5.75 Å². The number of halogens is 4. The molecule has 0 saturated heterocycles. The highest BCUT2D eigenvalue weighted by atomic mass is 19.5. The van der Waals surface area contributed by atoms with Gasteiger partial charge in [0.1, 0.15) is 0 Å². The van der Waals surface area contributed by atoms with Crippen molar-refractivity contribution in [2.24, 2.45) is 0 Å². The molecule has 0 aliphatic heterocycles. The Morgan fingerprint density at radius 1 is 0.900 bits per heavy atom. The molecule has 0 atom stereocenters. The van der Waals surface area contributed by atoms with Gasteiger partial charge >= 0.3 is 13.6 Å². The Morgan fingerprint density at radius 2 is 1.47 bits per heavy atom. The van der Waals surface area contributed by atoms with Crippen LogP contribution in [-0.4, -0.2) is 14.4 Å². The summed E-state index contributed by atoms with van der Waals surface area (Å²) in [6, 6.07) is 12.5. The fourth-order valence-corrected chi connectivity index (χ4v) is 3.08. The molecule has 164 valence electrons. The molecule has 0 saturated carbocycles. The summed E-state index contributed by atoms with van der Waals surface area (Å²) in [6.45, 7) is 13.4. The molecular weight excluding hydrogens is 397 g/mol. The first-order valence-electron chi connectivity index (χ1n) is 9.61. The Balaban J connectivity index is 0.000000575. The third-order valence-electron chi connectivity index (χ3n) is 4.62. The van der Waals surface area contributed by atoms with Crippen LogP contribution in [0.15, 0.2) is 47.2 Å². The van der Waals surface area contributed by atoms with Gasteiger partial charge in [-0.05, 0) is 22.5 Å². The van der Waals surface area contributed by atoms with E-state index in [2.05, 4.69) is 58.2 Å². The largest absolute Gasteiger partial charge is 0.673 e. The van der Waals surface area contributed by atoms with E-state index < -0.39 is 7.25 Å². The molecule has 0 unspecified atom stereocenters. The van der Waals surface area contributed by atoms with Gasteiger partial charge in [0.05, 0.1) is 7.11 Å². The standard InChI is InChI=1S/C22H28NO2.BF4/c1-21(2,3)15-12-16(22(4,5)6)20-18(13-15)23(14-25-20)17-10-8-9-11-19(17)24-7;2-1(3,4)5/h8-14H,1-7H3;/q+1;-1. The van der Waals surface area contributed by atoms with Crippen molar-refractivity contribution in [1.29, 1.82) is 0 Å². The van der Waals surface area contributed by atoms with Crippen LogP contribution in [0.4, 0.5) is 17.3 Å². The van der Waals surface area contributed by atoms with E-state index in [9.17, 15) is 17.3 Å². The second-order valence-electron chi connectivity index (χ2n) is 9.13. The monoisotopic (exact) mass is 425 g/mol. The highest BCUT2D eigenvalue weighted by molar-refractivity contribution is 6.50. The van der Waals surface area contributed by atoms with Gasteiger partial charge in [-0.2, -0.15) is 0 Å². The first-order chi connectivity index (χ1) is 13.6. The van der Waals surface area contributed by atoms with Crippen molar-refractivity contribution >= 4 is 18.4 Å². The molecule has 8 heteroatoms. The van der Waals surface area contributed by atoms with Gasteiger partial charge in [-0.1, -0.05) is 59.7 Å². The van der Waals surface area contributed by atoms with Crippen molar-refractivity contribution in [2.75, 3.05) is 7.11 Å². The summed E-state index contributed by atoms with van der Waals surface area (Å²) in [5.74, 6) is 0.827. The second kappa shape index (κ2) is 8.32. The smallest absolute Gasteiger partial charge is 0.490 e. The Kier molecular flexibility index (Phi) is 6.59. The van der Waals surface area contributed by atoms with Crippen LogP contribution in [-0.2, 0) is 10.8 Å². The van der Waals surface area contributed by atoms with Gasteiger partial charge in [-0.25, -0.2) is 0 Å². The summed E-state index contributed by atoms with van der Waals surface area (Å²) in [5.41, 5.74) is 5.57. The zero-order valence-corrected chi connectivity index (χ0v) is 18.4. The van der Waals surface area contributed by atoms with E-state index in [0.29, 0.717) is 0 Å². The Labute approximate surface area is 174 Å². The lowest BCUT2D eigenvalue weighted by atomic mass is 9.80. The normalized spacial score (nSPS) is 12.5. The van der Waals surface area contributed by atoms with E-state index in [4.69, 9.17) is 9.15 Å². The summed E-state index contributed by atoms with van der Waals surface area (Å²) in [5, 5.41) is 0. The molecule has 1 aromatic heterocycles. The number of benzene rings is 2. The fraction of sp³-hybridized carbons (Fsp3) is 0.409. The first kappa shape index (κ1) is 23.8. The maximum Gasteiger partial charge on any atom is 0.673 e. The molecule has 0 amide bonds. The summed E-state index contributed by atoms with van der Waals surface area (Å²) < 4.78 is 52.7. The topological polar surface area (TPSA) is 26.2 Å². The van der Waals surface area contributed by atoms with Crippen LogP contribution in [0.3, 0.4) is 0 Å². The molecule has 0 spiro atoms. The molecule has 3 nitrogen and oxygen atoms in total. The van der Waals surface area contributed by atoms with Gasteiger partial charge in [-0.3, -0.25) is 0 Å². The SMILES string of the molecule is COc1ccccc1-[n+]1coc2c(C(C)(C)C)cc(C(C)(C)C)cc21.F[B-](F)(F)F. The highest BCUT2D eigenvalue weighted by Gasteiger charge is 2.30. The van der Waals surface area contributed by atoms with Crippen molar-refractivity contribution < 1.29 is 31.0 Å². The van der Waals surface area contributed by atoms with E-state index in [1.54, 1.807) is 13.5 Å². The van der Waals surface area contributed by atoms with Crippen molar-refractivity contribution in [1.82, 2.24) is 0 Å². The molecular formula is C22H28BF4NO2. The summed E-state index contributed by atoms with van der Waals surface area (Å²) >= 11 is 0. The molecule has 0 aliphatic carbocycles. The Morgan fingerprint density at radius 3 is 1.97 bits per heavy atom. The minimum Gasteiger partial charge on any atom is -0.490 e. The molecule has 1 heterocycles. The quantitative estimate of drug-likeness (QED) is 0.262. The van der Waals surface area contributed by atoms with E-state index in [-0.39, 0.29) is 10.8 Å². The molecule has 3 aromatic rings. The number of nitrogens with zero attached hydrogens (tertiary/aromatic N) is 1. The molecule has 3 rings (SSSR count). The second-order valence-corrected chi connectivity index (χ2v) is 9.13. The fourth-order valence-electron chi connectivity index (χ4n) is 3.08. The predicted octanol–water partition coefficient (Wildman–Crippen LogP) is 6.61. The lowest BCUT2D eigenvalue weighted by Crippen LogP contribution is -2.29. The number of para-hydroxylation sites is 2. The zero-order valence-electron chi connectivity index (χ0n) is 18.4. The molecule has 0 radical (unpaired) electrons. The van der Waals surface area contributed by atoms with Crippen molar-refractivity contribution in [2.45, 2.75) is 52.4 Å². The maximum absolute atomic E-state index is 9.75. The highest BCUT2D eigenvalue weighted by Crippen LogP contribution is 2.35. The Hall–Kier alpha value is -2.51. The Bertz CT molecular complexity index is 1010. The molecule has 30 heavy (non-hydrogen) atoms. The summed E-state index contributed by atoms with van der Waals surface area (Å²) in [7, 11) is -4.30. The van der Waals surface area contributed by atoms with Crippen LogP contribution >= 0.6 is 0 Å². The van der Waals surface area contributed by atoms with Crippen molar-refractivity contribution in [3.05, 3.63) is 53.9 Å². The average molecular weight is 425 g/mol. The van der Waals surface area contributed by atoms with Crippen molar-refractivity contribution in [3.63, 3.8) is 0 Å². The zero-order chi connectivity index (χ0) is 22.9. The van der Waals surface area contributed by atoms with E-state index >= 15 is 0 Å². The number of methoxy groups -OCH3 is 1. The molecule has 2 aromatic carbocycles. The number of oxazole rings is 1. The predicted molar refractivity (Wildman–Crippen MR) is 112 cm³/mol. The van der Waals surface area contributed by atoms with Crippen LogP contribution in [0.25, 0.3) is 16.8 Å². The van der Waals surface area contributed by atoms with Crippen LogP contribution in [0.2, 0.25) is 0 Å². The third kappa shape index (κ3) is 5.77.